The normalized spacial score (nSPS) is 14.6. The average Bonchev–Trinajstić information content (AvgIpc) is 3.12. The maximum atomic E-state index is 5.18. The molecular formula is C40H28N4. The van der Waals surface area contributed by atoms with E-state index in [2.05, 4.69) is 113 Å². The highest BCUT2D eigenvalue weighted by atomic mass is 15.2. The van der Waals surface area contributed by atoms with E-state index in [9.17, 15) is 0 Å². The lowest BCUT2D eigenvalue weighted by molar-refractivity contribution is 0.674. The van der Waals surface area contributed by atoms with Crippen molar-refractivity contribution in [3.05, 3.63) is 175 Å². The van der Waals surface area contributed by atoms with E-state index in [1.165, 1.54) is 27.1 Å². The molecule has 44 heavy (non-hydrogen) atoms. The van der Waals surface area contributed by atoms with E-state index >= 15 is 0 Å². The van der Waals surface area contributed by atoms with E-state index in [0.29, 0.717) is 5.84 Å². The van der Waals surface area contributed by atoms with Crippen LogP contribution in [0.1, 0.15) is 22.9 Å². The zero-order chi connectivity index (χ0) is 29.3. The summed E-state index contributed by atoms with van der Waals surface area (Å²) in [6.07, 6.45) is 3.39. The van der Waals surface area contributed by atoms with Gasteiger partial charge in [0, 0.05) is 29.1 Å². The summed E-state index contributed by atoms with van der Waals surface area (Å²) < 4.78 is 0. The van der Waals surface area contributed by atoms with Crippen LogP contribution >= 0.6 is 0 Å². The van der Waals surface area contributed by atoms with Crippen LogP contribution in [-0.2, 0) is 0 Å². The molecule has 1 aromatic heterocycles. The molecular weight excluding hydrogens is 536 g/mol. The molecule has 0 amide bonds. The third kappa shape index (κ3) is 4.83. The van der Waals surface area contributed by atoms with Gasteiger partial charge in [-0.3, -0.25) is 4.98 Å². The zero-order valence-electron chi connectivity index (χ0n) is 23.9. The molecule has 8 rings (SSSR count). The Morgan fingerprint density at radius 3 is 1.93 bits per heavy atom. The number of aromatic nitrogens is 1. The van der Waals surface area contributed by atoms with E-state index in [1.807, 2.05) is 54.9 Å². The van der Waals surface area contributed by atoms with Gasteiger partial charge in [-0.15, -0.1) is 0 Å². The van der Waals surface area contributed by atoms with Crippen molar-refractivity contribution >= 4 is 33.2 Å². The van der Waals surface area contributed by atoms with Gasteiger partial charge in [-0.05, 0) is 74.1 Å². The van der Waals surface area contributed by atoms with Crippen molar-refractivity contribution in [3.63, 3.8) is 0 Å². The first kappa shape index (κ1) is 25.8. The topological polar surface area (TPSA) is 49.6 Å². The van der Waals surface area contributed by atoms with E-state index in [4.69, 9.17) is 9.98 Å². The minimum Gasteiger partial charge on any atom is -0.344 e. The fourth-order valence-corrected chi connectivity index (χ4v) is 6.04. The third-order valence-corrected chi connectivity index (χ3v) is 8.17. The number of hydrogen-bond donors (Lipinski definition) is 1. The highest BCUT2D eigenvalue weighted by Crippen LogP contribution is 2.38. The third-order valence-electron chi connectivity index (χ3n) is 8.17. The van der Waals surface area contributed by atoms with Crippen LogP contribution in [0.5, 0.6) is 0 Å². The molecule has 4 nitrogen and oxygen atoms in total. The maximum Gasteiger partial charge on any atom is 0.159 e. The van der Waals surface area contributed by atoms with Gasteiger partial charge in [-0.2, -0.15) is 0 Å². The van der Waals surface area contributed by atoms with Crippen molar-refractivity contribution in [3.8, 4) is 22.3 Å². The molecule has 0 saturated carbocycles. The molecule has 1 N–H and O–H groups in total. The lowest BCUT2D eigenvalue weighted by Gasteiger charge is -2.25. The number of fused-ring (bicyclic) bond motifs is 3. The molecule has 0 fully saturated rings. The predicted octanol–water partition coefficient (Wildman–Crippen LogP) is 9.22. The van der Waals surface area contributed by atoms with E-state index in [1.54, 1.807) is 0 Å². The van der Waals surface area contributed by atoms with Crippen LogP contribution in [0, 0.1) is 0 Å². The standard InChI is InChI=1S/C40H28N4/c1-3-12-27(13-4-1)38-42-39(28-14-5-2-6-15-28)44-40(43-38)33-23-31(30-17-11-21-41-26-30)22-32(24-33)37-25-29-16-7-8-18-34(29)35-19-9-10-20-36(35)37/h1-26,40H,(H,42,43,44). The van der Waals surface area contributed by atoms with Crippen molar-refractivity contribution < 1.29 is 0 Å². The van der Waals surface area contributed by atoms with Crippen molar-refractivity contribution in [2.24, 2.45) is 9.98 Å². The second-order valence-corrected chi connectivity index (χ2v) is 11.0. The zero-order valence-corrected chi connectivity index (χ0v) is 23.9. The fraction of sp³-hybridized carbons (Fsp3) is 0.0250. The molecule has 0 bridgehead atoms. The average molecular weight is 565 g/mol. The Morgan fingerprint density at radius 2 is 1.16 bits per heavy atom. The van der Waals surface area contributed by atoms with Crippen LogP contribution in [0.25, 0.3) is 43.8 Å². The predicted molar refractivity (Wildman–Crippen MR) is 182 cm³/mol. The van der Waals surface area contributed by atoms with Crippen LogP contribution in [0.4, 0.5) is 0 Å². The number of rotatable bonds is 5. The number of aliphatic imine (C=N–C) groups is 2. The number of amidine groups is 2. The Balaban J connectivity index is 1.35. The first-order valence-electron chi connectivity index (χ1n) is 14.8. The molecule has 6 aromatic carbocycles. The van der Waals surface area contributed by atoms with Crippen molar-refractivity contribution in [2.75, 3.05) is 0 Å². The van der Waals surface area contributed by atoms with Gasteiger partial charge in [0.05, 0.1) is 0 Å². The van der Waals surface area contributed by atoms with Crippen LogP contribution in [0.2, 0.25) is 0 Å². The summed E-state index contributed by atoms with van der Waals surface area (Å²) >= 11 is 0. The molecule has 0 saturated heterocycles. The molecule has 1 unspecified atom stereocenters. The largest absolute Gasteiger partial charge is 0.344 e. The molecule has 1 aliphatic rings. The summed E-state index contributed by atoms with van der Waals surface area (Å²) in [5.74, 6) is 1.51. The van der Waals surface area contributed by atoms with E-state index in [0.717, 1.165) is 39.2 Å². The highest BCUT2D eigenvalue weighted by molar-refractivity contribution is 6.14. The van der Waals surface area contributed by atoms with Gasteiger partial charge in [0.15, 0.2) is 5.84 Å². The molecule has 208 valence electrons. The van der Waals surface area contributed by atoms with Crippen LogP contribution in [0.15, 0.2) is 168 Å². The molecule has 4 heteroatoms. The Labute approximate surface area is 256 Å². The van der Waals surface area contributed by atoms with E-state index in [-0.39, 0.29) is 6.17 Å². The molecule has 0 spiro atoms. The Hall–Kier alpha value is -5.87. The first-order chi connectivity index (χ1) is 21.8. The molecule has 1 atom stereocenters. The Bertz CT molecular complexity index is 2190. The molecule has 0 radical (unpaired) electrons. The molecule has 1 aliphatic heterocycles. The Kier molecular flexibility index (Phi) is 6.50. The number of nitrogens with one attached hydrogen (secondary N) is 1. The number of hydrogen-bond acceptors (Lipinski definition) is 4. The van der Waals surface area contributed by atoms with Gasteiger partial charge < -0.3 is 5.32 Å². The molecule has 0 aliphatic carbocycles. The highest BCUT2D eigenvalue weighted by Gasteiger charge is 2.22. The van der Waals surface area contributed by atoms with E-state index < -0.39 is 0 Å². The molecule has 7 aromatic rings. The SMILES string of the molecule is c1ccc(C2=NC(c3cc(-c4cccnc4)cc(-c4cc5ccccc5c5ccccc45)c3)NC(c3ccccc3)=N2)cc1. The smallest absolute Gasteiger partial charge is 0.159 e. The van der Waals surface area contributed by atoms with Crippen LogP contribution < -0.4 is 5.32 Å². The summed E-state index contributed by atoms with van der Waals surface area (Å²) in [6, 6.07) is 50.9. The minimum absolute atomic E-state index is 0.347. The summed E-state index contributed by atoms with van der Waals surface area (Å²) in [6.45, 7) is 0. The number of pyridine rings is 1. The van der Waals surface area contributed by atoms with Crippen LogP contribution in [-0.4, -0.2) is 16.7 Å². The summed E-state index contributed by atoms with van der Waals surface area (Å²) in [4.78, 5) is 14.6. The summed E-state index contributed by atoms with van der Waals surface area (Å²) in [5, 5.41) is 8.59. The van der Waals surface area contributed by atoms with Gasteiger partial charge in [0.1, 0.15) is 12.0 Å². The van der Waals surface area contributed by atoms with Gasteiger partial charge in [0.2, 0.25) is 0 Å². The van der Waals surface area contributed by atoms with Gasteiger partial charge in [0.25, 0.3) is 0 Å². The first-order valence-corrected chi connectivity index (χ1v) is 14.8. The van der Waals surface area contributed by atoms with Gasteiger partial charge in [-0.1, -0.05) is 115 Å². The maximum absolute atomic E-state index is 5.18. The van der Waals surface area contributed by atoms with Gasteiger partial charge >= 0.3 is 0 Å². The van der Waals surface area contributed by atoms with Gasteiger partial charge in [-0.25, -0.2) is 9.98 Å². The monoisotopic (exact) mass is 564 g/mol. The molecule has 2 heterocycles. The second kappa shape index (κ2) is 11.1. The lowest BCUT2D eigenvalue weighted by atomic mass is 9.90. The number of benzene rings is 6. The van der Waals surface area contributed by atoms with Crippen molar-refractivity contribution in [1.82, 2.24) is 10.3 Å². The summed E-state index contributed by atoms with van der Waals surface area (Å²) in [7, 11) is 0. The summed E-state index contributed by atoms with van der Waals surface area (Å²) in [5.41, 5.74) is 7.51. The number of nitrogens with zero attached hydrogens (tertiary/aromatic N) is 3. The van der Waals surface area contributed by atoms with Crippen molar-refractivity contribution in [1.29, 1.82) is 0 Å². The fourth-order valence-electron chi connectivity index (χ4n) is 6.04. The van der Waals surface area contributed by atoms with Crippen molar-refractivity contribution in [2.45, 2.75) is 6.17 Å². The Morgan fingerprint density at radius 1 is 0.500 bits per heavy atom. The minimum atomic E-state index is -0.347. The van der Waals surface area contributed by atoms with Crippen LogP contribution in [0.3, 0.4) is 0 Å². The lowest BCUT2D eigenvalue weighted by Crippen LogP contribution is -2.33. The quantitative estimate of drug-likeness (QED) is 0.212. The second-order valence-electron chi connectivity index (χ2n) is 11.0.